The van der Waals surface area contributed by atoms with Crippen LogP contribution in [-0.2, 0) is 9.47 Å². The first-order valence-electron chi connectivity index (χ1n) is 12.0. The molecule has 37 heavy (non-hydrogen) atoms. The van der Waals surface area contributed by atoms with Crippen LogP contribution in [0.2, 0.25) is 0 Å². The average Bonchev–Trinajstić information content (AvgIpc) is 2.89. The Balaban J connectivity index is 1.54. The lowest BCUT2D eigenvalue weighted by molar-refractivity contribution is -0.417. The molecule has 2 unspecified atom stereocenters. The van der Waals surface area contributed by atoms with Crippen molar-refractivity contribution in [3.63, 3.8) is 0 Å². The molecule has 0 aromatic heterocycles. The van der Waals surface area contributed by atoms with Crippen molar-refractivity contribution in [3.05, 3.63) is 102 Å². The Kier molecular flexibility index (Phi) is 7.58. The van der Waals surface area contributed by atoms with Gasteiger partial charge in [0.15, 0.2) is 0 Å². The number of hydrogen-bond donors (Lipinski definition) is 5. The topological polar surface area (TPSA) is 117 Å². The second kappa shape index (κ2) is 10.7. The minimum atomic E-state index is -2.11. The highest BCUT2D eigenvalue weighted by Gasteiger charge is 2.49. The molecule has 4 rings (SSSR count). The molecule has 2 atom stereocenters. The lowest BCUT2D eigenvalue weighted by Gasteiger charge is -2.45. The van der Waals surface area contributed by atoms with Crippen molar-refractivity contribution in [1.29, 1.82) is 0 Å². The van der Waals surface area contributed by atoms with Gasteiger partial charge in [0.2, 0.25) is 0 Å². The summed E-state index contributed by atoms with van der Waals surface area (Å²) in [6.07, 6.45) is -1.24. The van der Waals surface area contributed by atoms with Crippen molar-refractivity contribution in [2.45, 2.75) is 32.0 Å². The van der Waals surface area contributed by atoms with Gasteiger partial charge in [-0.1, -0.05) is 56.5 Å². The number of phenolic OH excluding ortho intramolecular Hbond substituents is 1. The minimum absolute atomic E-state index is 0.0649. The zero-order valence-corrected chi connectivity index (χ0v) is 20.9. The molecule has 1 fully saturated rings. The van der Waals surface area contributed by atoms with Crippen molar-refractivity contribution in [2.24, 2.45) is 5.41 Å². The fourth-order valence-electron chi connectivity index (χ4n) is 3.83. The molecular formula is C30H32N2O5. The number of nitrogen functional groups attached to an aromatic ring is 1. The lowest BCUT2D eigenvalue weighted by Crippen LogP contribution is -2.61. The fraction of sp³-hybridized carbons (Fsp3) is 0.267. The van der Waals surface area contributed by atoms with E-state index in [2.05, 4.69) is 23.7 Å². The first-order chi connectivity index (χ1) is 17.5. The molecule has 3 aromatic rings. The molecule has 192 valence electrons. The third-order valence-electron chi connectivity index (χ3n) is 6.11. The number of benzene rings is 3. The maximum absolute atomic E-state index is 11.3. The van der Waals surface area contributed by atoms with Crippen LogP contribution in [0.25, 0.3) is 5.70 Å². The summed E-state index contributed by atoms with van der Waals surface area (Å²) in [5.74, 6) is 4.17. The third-order valence-corrected chi connectivity index (χ3v) is 6.11. The van der Waals surface area contributed by atoms with Crippen molar-refractivity contribution < 1.29 is 24.8 Å². The van der Waals surface area contributed by atoms with Gasteiger partial charge < -0.3 is 35.8 Å². The second-order valence-corrected chi connectivity index (χ2v) is 9.96. The minimum Gasteiger partial charge on any atom is -0.508 e. The predicted octanol–water partition coefficient (Wildman–Crippen LogP) is 3.76. The summed E-state index contributed by atoms with van der Waals surface area (Å²) in [5.41, 5.74) is 9.44. The van der Waals surface area contributed by atoms with Gasteiger partial charge in [-0.25, -0.2) is 0 Å². The number of anilines is 1. The van der Waals surface area contributed by atoms with E-state index in [0.29, 0.717) is 16.9 Å². The maximum atomic E-state index is 11.3. The zero-order valence-electron chi connectivity index (χ0n) is 20.9. The Morgan fingerprint density at radius 3 is 1.97 bits per heavy atom. The molecular weight excluding hydrogens is 468 g/mol. The summed E-state index contributed by atoms with van der Waals surface area (Å²) < 4.78 is 11.5. The summed E-state index contributed by atoms with van der Waals surface area (Å²) in [4.78, 5) is 0. The van der Waals surface area contributed by atoms with Gasteiger partial charge in [-0.3, -0.25) is 0 Å². The van der Waals surface area contributed by atoms with Crippen LogP contribution in [0.15, 0.2) is 79.4 Å². The van der Waals surface area contributed by atoms with Crippen LogP contribution >= 0.6 is 0 Å². The van der Waals surface area contributed by atoms with Crippen LogP contribution in [0.1, 0.15) is 42.2 Å². The Labute approximate surface area is 217 Å². The van der Waals surface area contributed by atoms with Crippen molar-refractivity contribution in [3.8, 4) is 17.6 Å². The highest BCUT2D eigenvalue weighted by Crippen LogP contribution is 2.35. The molecule has 3 aromatic carbocycles. The molecule has 7 heteroatoms. The monoisotopic (exact) mass is 500 g/mol. The highest BCUT2D eigenvalue weighted by molar-refractivity contribution is 5.63. The van der Waals surface area contributed by atoms with Crippen molar-refractivity contribution in [2.75, 3.05) is 18.9 Å². The van der Waals surface area contributed by atoms with Crippen LogP contribution in [0.4, 0.5) is 5.69 Å². The standard InChI is InChI=1S/C30H32N2O5/c1-20(23-10-6-21(7-11-23)4-5-22-8-14-25(31)15-9-22)32-28(27(34)24-12-16-26(33)17-13-24)30(35)36-18-29(2,3)19-37-30/h6-17,27-28,32-35H,1,18-19,31H2,2-3H3. The number of nitrogens with two attached hydrogens (primary N) is 1. The Morgan fingerprint density at radius 2 is 1.43 bits per heavy atom. The van der Waals surface area contributed by atoms with E-state index in [0.717, 1.165) is 16.7 Å². The highest BCUT2D eigenvalue weighted by atomic mass is 16.8. The molecule has 1 saturated heterocycles. The normalized spacial score (nSPS) is 17.6. The summed E-state index contributed by atoms with van der Waals surface area (Å²) in [6.45, 7) is 8.50. The predicted molar refractivity (Wildman–Crippen MR) is 143 cm³/mol. The Hall–Kier alpha value is -3.80. The second-order valence-electron chi connectivity index (χ2n) is 9.96. The zero-order chi connectivity index (χ0) is 26.6. The fourth-order valence-corrected chi connectivity index (χ4v) is 3.83. The Bertz CT molecular complexity index is 1280. The van der Waals surface area contributed by atoms with Gasteiger partial charge in [-0.2, -0.15) is 0 Å². The average molecular weight is 501 g/mol. The third kappa shape index (κ3) is 6.50. The number of ether oxygens (including phenoxy) is 2. The van der Waals surface area contributed by atoms with Gasteiger partial charge in [0.1, 0.15) is 17.9 Å². The Morgan fingerprint density at radius 1 is 0.919 bits per heavy atom. The molecule has 1 aliphatic heterocycles. The molecule has 1 aliphatic rings. The van der Waals surface area contributed by atoms with Crippen LogP contribution in [-0.4, -0.2) is 40.5 Å². The molecule has 0 saturated carbocycles. The first kappa shape index (κ1) is 26.3. The van der Waals surface area contributed by atoms with E-state index < -0.39 is 18.1 Å². The van der Waals surface area contributed by atoms with E-state index in [1.54, 1.807) is 24.3 Å². The first-order valence-corrected chi connectivity index (χ1v) is 12.0. The summed E-state index contributed by atoms with van der Waals surface area (Å²) in [6, 6.07) is 19.7. The van der Waals surface area contributed by atoms with E-state index in [-0.39, 0.29) is 24.4 Å². The number of rotatable bonds is 6. The summed E-state index contributed by atoms with van der Waals surface area (Å²) >= 11 is 0. The number of aromatic hydroxyl groups is 1. The van der Waals surface area contributed by atoms with Crippen LogP contribution in [0, 0.1) is 17.3 Å². The molecule has 7 nitrogen and oxygen atoms in total. The smallest absolute Gasteiger partial charge is 0.304 e. The van der Waals surface area contributed by atoms with E-state index in [9.17, 15) is 15.3 Å². The van der Waals surface area contributed by atoms with E-state index >= 15 is 0 Å². The number of aliphatic hydroxyl groups excluding tert-OH is 1. The number of hydrogen-bond acceptors (Lipinski definition) is 7. The van der Waals surface area contributed by atoms with Gasteiger partial charge in [0, 0.05) is 27.9 Å². The van der Waals surface area contributed by atoms with Crippen LogP contribution < -0.4 is 11.1 Å². The van der Waals surface area contributed by atoms with Gasteiger partial charge in [-0.05, 0) is 59.7 Å². The maximum Gasteiger partial charge on any atom is 0.304 e. The number of aliphatic hydroxyl groups is 2. The number of nitrogens with one attached hydrogen (secondary N) is 1. The molecule has 0 bridgehead atoms. The molecule has 0 spiro atoms. The van der Waals surface area contributed by atoms with Gasteiger partial charge in [-0.15, -0.1) is 0 Å². The largest absolute Gasteiger partial charge is 0.508 e. The van der Waals surface area contributed by atoms with Crippen molar-refractivity contribution in [1.82, 2.24) is 5.32 Å². The SMILES string of the molecule is C=C(NC(C(O)c1ccc(O)cc1)C1(O)OCC(C)(C)CO1)c1ccc(C#Cc2ccc(N)cc2)cc1. The summed E-state index contributed by atoms with van der Waals surface area (Å²) in [7, 11) is 0. The summed E-state index contributed by atoms with van der Waals surface area (Å²) in [5, 5.41) is 35.3. The van der Waals surface area contributed by atoms with Gasteiger partial charge in [0.25, 0.3) is 0 Å². The molecule has 0 radical (unpaired) electrons. The molecule has 0 amide bonds. The van der Waals surface area contributed by atoms with Gasteiger partial charge in [0.05, 0.1) is 13.2 Å². The van der Waals surface area contributed by atoms with E-state index in [4.69, 9.17) is 15.2 Å². The van der Waals surface area contributed by atoms with Crippen molar-refractivity contribution >= 4 is 11.4 Å². The molecule has 0 aliphatic carbocycles. The lowest BCUT2D eigenvalue weighted by atomic mass is 9.93. The molecule has 6 N–H and O–H groups in total. The van der Waals surface area contributed by atoms with Gasteiger partial charge >= 0.3 is 5.97 Å². The number of phenols is 1. The van der Waals surface area contributed by atoms with E-state index in [1.165, 1.54) is 12.1 Å². The van der Waals surface area contributed by atoms with E-state index in [1.807, 2.05) is 50.2 Å². The van der Waals surface area contributed by atoms with Crippen LogP contribution in [0.5, 0.6) is 5.75 Å². The molecule has 1 heterocycles. The van der Waals surface area contributed by atoms with Crippen LogP contribution in [0.3, 0.4) is 0 Å². The quantitative estimate of drug-likeness (QED) is 0.258.